The first-order valence-electron chi connectivity index (χ1n) is 8.99. The third kappa shape index (κ3) is 6.64. The van der Waals surface area contributed by atoms with Gasteiger partial charge in [0.1, 0.15) is 0 Å². The highest BCUT2D eigenvalue weighted by atomic mass is 16.2. The molecule has 0 saturated carbocycles. The molecule has 0 heterocycles. The van der Waals surface area contributed by atoms with Crippen molar-refractivity contribution in [2.45, 2.75) is 13.8 Å². The van der Waals surface area contributed by atoms with Crippen LogP contribution in [0, 0.1) is 0 Å². The van der Waals surface area contributed by atoms with Gasteiger partial charge in [-0.2, -0.15) is 0 Å². The molecule has 0 bridgehead atoms. The third-order valence-corrected chi connectivity index (χ3v) is 4.05. The summed E-state index contributed by atoms with van der Waals surface area (Å²) in [4.78, 5) is 24.2. The SMILES string of the molecule is C/C(=C\c1ccc(N)cc1)C(=O)NCCNC(=O)/C(C)=C/c1ccc(N)cc1. The number of nitrogens with two attached hydrogens (primary N) is 2. The molecule has 2 aromatic rings. The molecule has 0 spiro atoms. The number of amides is 2. The van der Waals surface area contributed by atoms with Gasteiger partial charge >= 0.3 is 0 Å². The molecule has 0 radical (unpaired) electrons. The summed E-state index contributed by atoms with van der Waals surface area (Å²) in [6.45, 7) is 4.16. The van der Waals surface area contributed by atoms with Crippen LogP contribution in [0.2, 0.25) is 0 Å². The fraction of sp³-hybridized carbons (Fsp3) is 0.182. The number of carbonyl (C=O) groups excluding carboxylic acids is 2. The summed E-state index contributed by atoms with van der Waals surface area (Å²) in [5, 5.41) is 5.57. The fourth-order valence-electron chi connectivity index (χ4n) is 2.45. The fourth-order valence-corrected chi connectivity index (χ4v) is 2.45. The van der Waals surface area contributed by atoms with Crippen molar-refractivity contribution in [2.24, 2.45) is 0 Å². The van der Waals surface area contributed by atoms with Gasteiger partial charge in [0.25, 0.3) is 0 Å². The van der Waals surface area contributed by atoms with Gasteiger partial charge in [-0.1, -0.05) is 24.3 Å². The van der Waals surface area contributed by atoms with Crippen molar-refractivity contribution in [3.8, 4) is 0 Å². The summed E-state index contributed by atoms with van der Waals surface area (Å²) < 4.78 is 0. The highest BCUT2D eigenvalue weighted by Gasteiger charge is 2.06. The summed E-state index contributed by atoms with van der Waals surface area (Å²) >= 11 is 0. The Morgan fingerprint density at radius 2 is 1.04 bits per heavy atom. The van der Waals surface area contributed by atoms with E-state index in [4.69, 9.17) is 11.5 Å². The molecule has 0 unspecified atom stereocenters. The second kappa shape index (κ2) is 9.97. The molecule has 2 aromatic carbocycles. The molecule has 0 fully saturated rings. The molecule has 6 N–H and O–H groups in total. The molecular formula is C22H26N4O2. The predicted molar refractivity (Wildman–Crippen MR) is 115 cm³/mol. The van der Waals surface area contributed by atoms with Crippen molar-refractivity contribution in [1.29, 1.82) is 0 Å². The lowest BCUT2D eigenvalue weighted by Gasteiger charge is -2.08. The van der Waals surface area contributed by atoms with Crippen molar-refractivity contribution >= 4 is 35.3 Å². The van der Waals surface area contributed by atoms with Gasteiger partial charge in [0.15, 0.2) is 0 Å². The number of anilines is 2. The molecule has 0 aromatic heterocycles. The highest BCUT2D eigenvalue weighted by molar-refractivity contribution is 5.98. The van der Waals surface area contributed by atoms with Crippen LogP contribution in [0.3, 0.4) is 0 Å². The number of nitrogens with one attached hydrogen (secondary N) is 2. The molecule has 28 heavy (non-hydrogen) atoms. The first kappa shape index (κ1) is 20.8. The topological polar surface area (TPSA) is 110 Å². The Kier molecular flexibility index (Phi) is 7.39. The van der Waals surface area contributed by atoms with Crippen LogP contribution < -0.4 is 22.1 Å². The van der Waals surface area contributed by atoms with Crippen molar-refractivity contribution in [3.63, 3.8) is 0 Å². The van der Waals surface area contributed by atoms with Gasteiger partial charge in [0.05, 0.1) is 0 Å². The minimum atomic E-state index is -0.180. The average Bonchev–Trinajstić information content (AvgIpc) is 2.68. The van der Waals surface area contributed by atoms with Gasteiger partial charge in [-0.15, -0.1) is 0 Å². The van der Waals surface area contributed by atoms with Crippen molar-refractivity contribution in [3.05, 3.63) is 70.8 Å². The standard InChI is InChI=1S/C22H26N4O2/c1-15(13-17-3-7-19(23)8-4-17)21(27)25-11-12-26-22(28)16(2)14-18-5-9-20(24)10-6-18/h3-10,13-14H,11-12,23-24H2,1-2H3,(H,25,27)(H,26,28)/b15-13+,16-14+. The van der Waals surface area contributed by atoms with Crippen LogP contribution in [0.5, 0.6) is 0 Å². The largest absolute Gasteiger partial charge is 0.399 e. The quantitative estimate of drug-likeness (QED) is 0.337. The average molecular weight is 378 g/mol. The summed E-state index contributed by atoms with van der Waals surface area (Å²) in [5.41, 5.74) is 15.6. The molecule has 6 heteroatoms. The molecule has 0 aliphatic carbocycles. The molecule has 2 amide bonds. The van der Waals surface area contributed by atoms with E-state index in [1.54, 1.807) is 50.3 Å². The van der Waals surface area contributed by atoms with E-state index in [2.05, 4.69) is 10.6 Å². The number of benzene rings is 2. The number of hydrogen-bond donors (Lipinski definition) is 4. The molecule has 146 valence electrons. The Morgan fingerprint density at radius 3 is 1.36 bits per heavy atom. The lowest BCUT2D eigenvalue weighted by atomic mass is 10.1. The van der Waals surface area contributed by atoms with Crippen molar-refractivity contribution in [2.75, 3.05) is 24.6 Å². The molecular weight excluding hydrogens is 352 g/mol. The van der Waals surface area contributed by atoms with Gasteiger partial charge in [-0.3, -0.25) is 9.59 Å². The van der Waals surface area contributed by atoms with E-state index < -0.39 is 0 Å². The van der Waals surface area contributed by atoms with Gasteiger partial charge in [-0.25, -0.2) is 0 Å². The molecule has 0 aliphatic rings. The summed E-state index contributed by atoms with van der Waals surface area (Å²) in [6, 6.07) is 14.5. The maximum atomic E-state index is 12.1. The van der Waals surface area contributed by atoms with Crippen LogP contribution >= 0.6 is 0 Å². The van der Waals surface area contributed by atoms with E-state index in [9.17, 15) is 9.59 Å². The molecule has 6 nitrogen and oxygen atoms in total. The minimum absolute atomic E-state index is 0.180. The third-order valence-electron chi connectivity index (χ3n) is 4.05. The zero-order valence-electron chi connectivity index (χ0n) is 16.2. The molecule has 0 atom stereocenters. The monoisotopic (exact) mass is 378 g/mol. The minimum Gasteiger partial charge on any atom is -0.399 e. The maximum Gasteiger partial charge on any atom is 0.246 e. The van der Waals surface area contributed by atoms with E-state index >= 15 is 0 Å². The van der Waals surface area contributed by atoms with Gasteiger partial charge < -0.3 is 22.1 Å². The summed E-state index contributed by atoms with van der Waals surface area (Å²) in [6.07, 6.45) is 3.57. The highest BCUT2D eigenvalue weighted by Crippen LogP contribution is 2.11. The van der Waals surface area contributed by atoms with Crippen LogP contribution in [-0.4, -0.2) is 24.9 Å². The maximum absolute atomic E-state index is 12.1. The molecule has 0 aliphatic heterocycles. The second-order valence-electron chi connectivity index (χ2n) is 6.50. The lowest BCUT2D eigenvalue weighted by molar-refractivity contribution is -0.119. The first-order valence-corrected chi connectivity index (χ1v) is 8.99. The van der Waals surface area contributed by atoms with Crippen LogP contribution in [0.4, 0.5) is 11.4 Å². The van der Waals surface area contributed by atoms with E-state index in [0.29, 0.717) is 35.6 Å². The van der Waals surface area contributed by atoms with Crippen LogP contribution in [0.15, 0.2) is 59.7 Å². The van der Waals surface area contributed by atoms with E-state index in [1.165, 1.54) is 0 Å². The number of nitrogen functional groups attached to an aromatic ring is 2. The summed E-state index contributed by atoms with van der Waals surface area (Å²) in [7, 11) is 0. The zero-order valence-corrected chi connectivity index (χ0v) is 16.2. The normalized spacial score (nSPS) is 11.8. The summed E-state index contributed by atoms with van der Waals surface area (Å²) in [5.74, 6) is -0.361. The Bertz CT molecular complexity index is 806. The molecule has 0 saturated heterocycles. The van der Waals surface area contributed by atoms with Gasteiger partial charge in [0, 0.05) is 35.6 Å². The number of hydrogen-bond acceptors (Lipinski definition) is 4. The van der Waals surface area contributed by atoms with E-state index in [-0.39, 0.29) is 11.8 Å². The van der Waals surface area contributed by atoms with Crippen LogP contribution in [0.1, 0.15) is 25.0 Å². The Morgan fingerprint density at radius 1 is 0.714 bits per heavy atom. The van der Waals surface area contributed by atoms with Crippen LogP contribution in [-0.2, 0) is 9.59 Å². The Labute approximate surface area is 165 Å². The van der Waals surface area contributed by atoms with E-state index in [1.807, 2.05) is 24.3 Å². The van der Waals surface area contributed by atoms with Gasteiger partial charge in [0.2, 0.25) is 11.8 Å². The smallest absolute Gasteiger partial charge is 0.246 e. The molecule has 2 rings (SSSR count). The Hall–Kier alpha value is -3.54. The Balaban J connectivity index is 1.77. The number of carbonyl (C=O) groups is 2. The zero-order chi connectivity index (χ0) is 20.5. The van der Waals surface area contributed by atoms with Crippen molar-refractivity contribution < 1.29 is 9.59 Å². The van der Waals surface area contributed by atoms with Crippen molar-refractivity contribution in [1.82, 2.24) is 10.6 Å². The lowest BCUT2D eigenvalue weighted by Crippen LogP contribution is -2.35. The second-order valence-corrected chi connectivity index (χ2v) is 6.50. The van der Waals surface area contributed by atoms with E-state index in [0.717, 1.165) is 11.1 Å². The number of rotatable bonds is 7. The first-order chi connectivity index (χ1) is 13.3. The predicted octanol–water partition coefficient (Wildman–Crippen LogP) is 2.59. The van der Waals surface area contributed by atoms with Crippen LogP contribution in [0.25, 0.3) is 12.2 Å². The van der Waals surface area contributed by atoms with Gasteiger partial charge in [-0.05, 0) is 61.4 Å².